The maximum Gasteiger partial charge on any atom is 0.265 e. The average Bonchev–Trinajstić information content (AvgIpc) is 2.03. The molecule has 0 aliphatic rings. The zero-order chi connectivity index (χ0) is 8.27. The number of nitrogens with two attached hydrogens (primary N) is 1. The van der Waals surface area contributed by atoms with Crippen LogP contribution in [0.15, 0.2) is 24.3 Å². The highest BCUT2D eigenvalue weighted by Crippen LogP contribution is 2.09. The fourth-order valence-corrected chi connectivity index (χ4v) is 0.730. The number of hydrazine groups is 1. The molecule has 0 saturated heterocycles. The Morgan fingerprint density at radius 3 is 2.46 bits per heavy atom. The zero-order valence-corrected chi connectivity index (χ0v) is 8.19. The first-order valence-electron chi connectivity index (χ1n) is 3.04. The molecule has 0 fully saturated rings. The molecule has 0 unspecified atom stereocenters. The third kappa shape index (κ3) is 3.98. The van der Waals surface area contributed by atoms with Crippen LogP contribution in [0.25, 0.3) is 0 Å². The van der Waals surface area contributed by atoms with Crippen LogP contribution >= 0.6 is 24.8 Å². The number of amides is 1. The first-order chi connectivity index (χ1) is 5.24. The van der Waals surface area contributed by atoms with Gasteiger partial charge < -0.3 is 5.11 Å². The third-order valence-corrected chi connectivity index (χ3v) is 1.24. The van der Waals surface area contributed by atoms with Gasteiger partial charge in [-0.2, -0.15) is 0 Å². The first kappa shape index (κ1) is 14.5. The molecule has 0 bridgehead atoms. The summed E-state index contributed by atoms with van der Waals surface area (Å²) in [5, 5.41) is 8.94. The van der Waals surface area contributed by atoms with Crippen LogP contribution in [-0.2, 0) is 0 Å². The van der Waals surface area contributed by atoms with E-state index in [1.807, 2.05) is 5.43 Å². The minimum absolute atomic E-state index is 0. The Balaban J connectivity index is 0. The van der Waals surface area contributed by atoms with Crippen molar-refractivity contribution in [2.24, 2.45) is 5.84 Å². The molecule has 0 aliphatic heterocycles. The topological polar surface area (TPSA) is 75.3 Å². The van der Waals surface area contributed by atoms with E-state index in [4.69, 9.17) is 10.9 Å². The lowest BCUT2D eigenvalue weighted by atomic mass is 10.2. The standard InChI is InChI=1S/C7H8N2O2.2ClH/c8-9-7(11)5-2-1-3-6(10)4-5;;/h1-4,10H,8H2,(H,9,11);2*1H. The van der Waals surface area contributed by atoms with Gasteiger partial charge in [-0.15, -0.1) is 24.8 Å². The summed E-state index contributed by atoms with van der Waals surface area (Å²) in [7, 11) is 0. The number of phenolic OH excluding ortho intramolecular Hbond substituents is 1. The van der Waals surface area contributed by atoms with Gasteiger partial charge in [0.15, 0.2) is 0 Å². The van der Waals surface area contributed by atoms with Gasteiger partial charge in [0.25, 0.3) is 5.91 Å². The van der Waals surface area contributed by atoms with Crippen molar-refractivity contribution in [1.82, 2.24) is 5.43 Å². The van der Waals surface area contributed by atoms with Crippen molar-refractivity contribution in [3.8, 4) is 5.75 Å². The van der Waals surface area contributed by atoms with E-state index in [2.05, 4.69) is 0 Å². The van der Waals surface area contributed by atoms with Gasteiger partial charge in [0.05, 0.1) is 0 Å². The zero-order valence-electron chi connectivity index (χ0n) is 6.56. The molecule has 4 nitrogen and oxygen atoms in total. The lowest BCUT2D eigenvalue weighted by Gasteiger charge is -1.98. The third-order valence-electron chi connectivity index (χ3n) is 1.24. The van der Waals surface area contributed by atoms with E-state index in [1.165, 1.54) is 12.1 Å². The number of halogens is 2. The van der Waals surface area contributed by atoms with Gasteiger partial charge in [-0.05, 0) is 18.2 Å². The molecule has 1 amide bonds. The van der Waals surface area contributed by atoms with Gasteiger partial charge in [0, 0.05) is 5.56 Å². The van der Waals surface area contributed by atoms with E-state index in [1.54, 1.807) is 12.1 Å². The second-order valence-electron chi connectivity index (χ2n) is 2.02. The van der Waals surface area contributed by atoms with Crippen molar-refractivity contribution >= 4 is 30.7 Å². The minimum Gasteiger partial charge on any atom is -0.508 e. The van der Waals surface area contributed by atoms with Crippen LogP contribution in [0.3, 0.4) is 0 Å². The van der Waals surface area contributed by atoms with Gasteiger partial charge in [0.1, 0.15) is 5.75 Å². The number of nitrogens with one attached hydrogen (secondary N) is 1. The molecule has 0 atom stereocenters. The summed E-state index contributed by atoms with van der Waals surface area (Å²) in [6.45, 7) is 0. The number of nitrogen functional groups attached to an aromatic ring is 1. The molecule has 6 heteroatoms. The van der Waals surface area contributed by atoms with Gasteiger partial charge in [-0.25, -0.2) is 5.84 Å². The number of carbonyl (C=O) groups excluding carboxylic acids is 1. The van der Waals surface area contributed by atoms with Crippen molar-refractivity contribution in [2.45, 2.75) is 0 Å². The predicted octanol–water partition coefficient (Wildman–Crippen LogP) is 0.839. The Labute approximate surface area is 87.9 Å². The Kier molecular flexibility index (Phi) is 7.31. The predicted molar refractivity (Wildman–Crippen MR) is 54.3 cm³/mol. The first-order valence-corrected chi connectivity index (χ1v) is 3.04. The average molecular weight is 225 g/mol. The molecule has 0 radical (unpaired) electrons. The maximum atomic E-state index is 10.8. The molecule has 1 aromatic rings. The van der Waals surface area contributed by atoms with E-state index in [9.17, 15) is 4.79 Å². The molecule has 4 N–H and O–H groups in total. The monoisotopic (exact) mass is 224 g/mol. The Hall–Kier alpha value is -0.970. The summed E-state index contributed by atoms with van der Waals surface area (Å²) in [5.41, 5.74) is 2.30. The number of hydrogen-bond donors (Lipinski definition) is 3. The van der Waals surface area contributed by atoms with Gasteiger partial charge >= 0.3 is 0 Å². The summed E-state index contributed by atoms with van der Waals surface area (Å²) in [4.78, 5) is 10.8. The fourth-order valence-electron chi connectivity index (χ4n) is 0.730. The largest absolute Gasteiger partial charge is 0.508 e. The second kappa shape index (κ2) is 6.54. The summed E-state index contributed by atoms with van der Waals surface area (Å²) in [6, 6.07) is 5.94. The van der Waals surface area contributed by atoms with E-state index in [0.717, 1.165) is 0 Å². The lowest BCUT2D eigenvalue weighted by Crippen LogP contribution is -2.29. The van der Waals surface area contributed by atoms with Crippen LogP contribution in [0.1, 0.15) is 10.4 Å². The van der Waals surface area contributed by atoms with Crippen molar-refractivity contribution in [1.29, 1.82) is 0 Å². The number of rotatable bonds is 1. The van der Waals surface area contributed by atoms with Crippen molar-refractivity contribution < 1.29 is 9.90 Å². The fraction of sp³-hybridized carbons (Fsp3) is 0. The smallest absolute Gasteiger partial charge is 0.265 e. The molecular formula is C7H10Cl2N2O2. The Morgan fingerprint density at radius 1 is 1.38 bits per heavy atom. The number of aromatic hydroxyl groups is 1. The van der Waals surface area contributed by atoms with Crippen LogP contribution < -0.4 is 11.3 Å². The number of phenols is 1. The summed E-state index contributed by atoms with van der Waals surface area (Å²) in [5.74, 6) is 4.50. The molecule has 0 heterocycles. The highest BCUT2D eigenvalue weighted by atomic mass is 35.5. The van der Waals surface area contributed by atoms with Gasteiger partial charge in [-0.1, -0.05) is 6.07 Å². The quantitative estimate of drug-likeness (QED) is 0.376. The molecule has 0 aromatic heterocycles. The Bertz CT molecular complexity index is 281. The number of hydrogen-bond acceptors (Lipinski definition) is 3. The lowest BCUT2D eigenvalue weighted by molar-refractivity contribution is 0.0953. The van der Waals surface area contributed by atoms with Crippen molar-refractivity contribution in [3.63, 3.8) is 0 Å². The van der Waals surface area contributed by atoms with E-state index in [0.29, 0.717) is 5.56 Å². The molecule has 0 spiro atoms. The van der Waals surface area contributed by atoms with Crippen LogP contribution in [0.5, 0.6) is 5.75 Å². The summed E-state index contributed by atoms with van der Waals surface area (Å²) in [6.07, 6.45) is 0. The van der Waals surface area contributed by atoms with E-state index < -0.39 is 5.91 Å². The molecule has 1 aromatic carbocycles. The number of carbonyl (C=O) groups is 1. The maximum absolute atomic E-state index is 10.8. The van der Waals surface area contributed by atoms with Crippen molar-refractivity contribution in [3.05, 3.63) is 29.8 Å². The number of benzene rings is 1. The summed E-state index contributed by atoms with van der Waals surface area (Å²) < 4.78 is 0. The highest BCUT2D eigenvalue weighted by Gasteiger charge is 2.01. The van der Waals surface area contributed by atoms with Crippen LogP contribution in [0.2, 0.25) is 0 Å². The van der Waals surface area contributed by atoms with Crippen LogP contribution in [0, 0.1) is 0 Å². The van der Waals surface area contributed by atoms with Crippen molar-refractivity contribution in [2.75, 3.05) is 0 Å². The molecular weight excluding hydrogens is 215 g/mol. The minimum atomic E-state index is -0.416. The normalized spacial score (nSPS) is 7.77. The van der Waals surface area contributed by atoms with E-state index >= 15 is 0 Å². The molecule has 13 heavy (non-hydrogen) atoms. The molecule has 1 rings (SSSR count). The second-order valence-corrected chi connectivity index (χ2v) is 2.02. The molecule has 0 aliphatic carbocycles. The summed E-state index contributed by atoms with van der Waals surface area (Å²) >= 11 is 0. The van der Waals surface area contributed by atoms with Crippen LogP contribution in [0.4, 0.5) is 0 Å². The van der Waals surface area contributed by atoms with E-state index in [-0.39, 0.29) is 30.6 Å². The molecule has 74 valence electrons. The Morgan fingerprint density at radius 2 is 2.00 bits per heavy atom. The van der Waals surface area contributed by atoms with Crippen LogP contribution in [-0.4, -0.2) is 11.0 Å². The highest BCUT2D eigenvalue weighted by molar-refractivity contribution is 5.94. The van der Waals surface area contributed by atoms with Gasteiger partial charge in [-0.3, -0.25) is 10.2 Å². The molecule has 0 saturated carbocycles. The van der Waals surface area contributed by atoms with Gasteiger partial charge in [0.2, 0.25) is 0 Å². The SMILES string of the molecule is Cl.Cl.NNC(=O)c1cccc(O)c1.